The molecule has 5 nitrogen and oxygen atoms in total. The minimum absolute atomic E-state index is 0.582. The molecule has 1 saturated carbocycles. The summed E-state index contributed by atoms with van der Waals surface area (Å²) in [6.45, 7) is 8.57. The van der Waals surface area contributed by atoms with Gasteiger partial charge in [0.2, 0.25) is 0 Å². The number of hydrogen-bond acceptors (Lipinski definition) is 3. The molecular formula is C20H31N3O2. The summed E-state index contributed by atoms with van der Waals surface area (Å²) in [5.41, 5.74) is 1.72. The van der Waals surface area contributed by atoms with Gasteiger partial charge in [-0.05, 0) is 56.2 Å². The fraction of sp³-hybridized carbons (Fsp3) is 0.650. The third-order valence-corrected chi connectivity index (χ3v) is 5.43. The maximum atomic E-state index is 5.67. The largest absolute Gasteiger partial charge is 0.493 e. The van der Waals surface area contributed by atoms with E-state index < -0.39 is 0 Å². The van der Waals surface area contributed by atoms with Crippen molar-refractivity contribution in [3.8, 4) is 11.5 Å². The van der Waals surface area contributed by atoms with Gasteiger partial charge in [0.25, 0.3) is 0 Å². The lowest BCUT2D eigenvalue weighted by Gasteiger charge is -2.38. The highest BCUT2D eigenvalue weighted by atomic mass is 16.5. The standard InChI is InChI=1S/C20H31N3O2/c1-4-21-19(23-12-11-20(15-23)9-6-10-20)22-14-16-7-8-17(24-3)18(13-16)25-5-2/h7-8,13H,4-6,9-12,14-15H2,1-3H3,(H,21,22). The van der Waals surface area contributed by atoms with Gasteiger partial charge in [-0.15, -0.1) is 0 Å². The number of likely N-dealkylation sites (tertiary alicyclic amines) is 1. The molecule has 1 aliphatic heterocycles. The monoisotopic (exact) mass is 345 g/mol. The topological polar surface area (TPSA) is 46.1 Å². The summed E-state index contributed by atoms with van der Waals surface area (Å²) in [7, 11) is 1.67. The SMILES string of the molecule is CCNC(=NCc1ccc(OC)c(OCC)c1)N1CCC2(CCC2)C1. The molecule has 1 aromatic carbocycles. The number of nitrogens with zero attached hydrogens (tertiary/aromatic N) is 2. The molecule has 0 aromatic heterocycles. The highest BCUT2D eigenvalue weighted by Gasteiger charge is 2.43. The number of methoxy groups -OCH3 is 1. The van der Waals surface area contributed by atoms with Gasteiger partial charge in [-0.3, -0.25) is 0 Å². The van der Waals surface area contributed by atoms with E-state index in [1.54, 1.807) is 7.11 Å². The Morgan fingerprint density at radius 3 is 2.68 bits per heavy atom. The lowest BCUT2D eigenvalue weighted by molar-refractivity contribution is 0.151. The summed E-state index contributed by atoms with van der Waals surface area (Å²) < 4.78 is 11.0. The Balaban J connectivity index is 1.70. The molecule has 1 spiro atoms. The minimum Gasteiger partial charge on any atom is -0.493 e. The summed E-state index contributed by atoms with van der Waals surface area (Å²) in [4.78, 5) is 7.32. The molecule has 138 valence electrons. The van der Waals surface area contributed by atoms with Crippen LogP contribution in [0.5, 0.6) is 11.5 Å². The smallest absolute Gasteiger partial charge is 0.194 e. The Kier molecular flexibility index (Phi) is 5.71. The third kappa shape index (κ3) is 4.02. The molecule has 1 saturated heterocycles. The Morgan fingerprint density at radius 1 is 1.24 bits per heavy atom. The van der Waals surface area contributed by atoms with Gasteiger partial charge >= 0.3 is 0 Å². The number of aliphatic imine (C=N–C) groups is 1. The quantitative estimate of drug-likeness (QED) is 0.634. The van der Waals surface area contributed by atoms with Gasteiger partial charge in [0, 0.05) is 19.6 Å². The van der Waals surface area contributed by atoms with Crippen LogP contribution in [0.4, 0.5) is 0 Å². The van der Waals surface area contributed by atoms with E-state index in [0.717, 1.165) is 42.7 Å². The molecule has 5 heteroatoms. The Labute approximate surface area is 151 Å². The lowest BCUT2D eigenvalue weighted by atomic mass is 9.68. The molecule has 1 aromatic rings. The number of ether oxygens (including phenoxy) is 2. The lowest BCUT2D eigenvalue weighted by Crippen LogP contribution is -2.42. The second kappa shape index (κ2) is 7.98. The highest BCUT2D eigenvalue weighted by molar-refractivity contribution is 5.80. The molecule has 2 fully saturated rings. The summed E-state index contributed by atoms with van der Waals surface area (Å²) in [6, 6.07) is 6.06. The van der Waals surface area contributed by atoms with Gasteiger partial charge in [-0.1, -0.05) is 12.5 Å². The molecule has 1 N–H and O–H groups in total. The maximum Gasteiger partial charge on any atom is 0.194 e. The van der Waals surface area contributed by atoms with Crippen LogP contribution in [-0.4, -0.2) is 44.2 Å². The number of benzene rings is 1. The minimum atomic E-state index is 0.582. The highest BCUT2D eigenvalue weighted by Crippen LogP contribution is 2.47. The second-order valence-electron chi connectivity index (χ2n) is 7.11. The van der Waals surface area contributed by atoms with Crippen molar-refractivity contribution in [2.45, 2.75) is 46.1 Å². The molecule has 2 aliphatic rings. The number of rotatable bonds is 6. The molecular weight excluding hydrogens is 314 g/mol. The van der Waals surface area contributed by atoms with E-state index in [-0.39, 0.29) is 0 Å². The number of guanidine groups is 1. The van der Waals surface area contributed by atoms with Gasteiger partial charge < -0.3 is 19.7 Å². The van der Waals surface area contributed by atoms with Gasteiger partial charge in [0.05, 0.1) is 20.3 Å². The molecule has 1 heterocycles. The van der Waals surface area contributed by atoms with Gasteiger partial charge in [-0.25, -0.2) is 4.99 Å². The number of nitrogens with one attached hydrogen (secondary N) is 1. The second-order valence-corrected chi connectivity index (χ2v) is 7.11. The molecule has 0 bridgehead atoms. The van der Waals surface area contributed by atoms with Crippen LogP contribution in [0, 0.1) is 5.41 Å². The maximum absolute atomic E-state index is 5.67. The molecule has 0 radical (unpaired) electrons. The van der Waals surface area contributed by atoms with Crippen molar-refractivity contribution >= 4 is 5.96 Å². The van der Waals surface area contributed by atoms with Crippen LogP contribution in [0.3, 0.4) is 0 Å². The predicted octanol–water partition coefficient (Wildman–Crippen LogP) is 3.44. The van der Waals surface area contributed by atoms with Crippen molar-refractivity contribution in [2.75, 3.05) is 33.4 Å². The Bertz CT molecular complexity index is 611. The average Bonchev–Trinajstić information content (AvgIpc) is 3.05. The molecule has 0 amide bonds. The van der Waals surface area contributed by atoms with Gasteiger partial charge in [-0.2, -0.15) is 0 Å². The van der Waals surface area contributed by atoms with Crippen LogP contribution < -0.4 is 14.8 Å². The van der Waals surface area contributed by atoms with Crippen molar-refractivity contribution < 1.29 is 9.47 Å². The summed E-state index contributed by atoms with van der Waals surface area (Å²) in [5.74, 6) is 2.60. The molecule has 0 atom stereocenters. The van der Waals surface area contributed by atoms with E-state index in [2.05, 4.69) is 23.2 Å². The van der Waals surface area contributed by atoms with Gasteiger partial charge in [0.1, 0.15) is 0 Å². The van der Waals surface area contributed by atoms with Crippen LogP contribution in [0.25, 0.3) is 0 Å². The molecule has 1 aliphatic carbocycles. The normalized spacial score (nSPS) is 19.0. The van der Waals surface area contributed by atoms with Crippen molar-refractivity contribution in [2.24, 2.45) is 10.4 Å². The van der Waals surface area contributed by atoms with Crippen LogP contribution in [0.2, 0.25) is 0 Å². The van der Waals surface area contributed by atoms with E-state index in [9.17, 15) is 0 Å². The molecule has 25 heavy (non-hydrogen) atoms. The molecule has 3 rings (SSSR count). The fourth-order valence-electron chi connectivity index (χ4n) is 3.88. The fourth-order valence-corrected chi connectivity index (χ4v) is 3.88. The van der Waals surface area contributed by atoms with Crippen molar-refractivity contribution in [3.05, 3.63) is 23.8 Å². The van der Waals surface area contributed by atoms with Gasteiger partial charge in [0.15, 0.2) is 17.5 Å². The third-order valence-electron chi connectivity index (χ3n) is 5.43. The summed E-state index contributed by atoms with van der Waals surface area (Å²) >= 11 is 0. The zero-order chi connectivity index (χ0) is 17.7. The first-order valence-electron chi connectivity index (χ1n) is 9.52. The van der Waals surface area contributed by atoms with Crippen LogP contribution in [-0.2, 0) is 6.54 Å². The van der Waals surface area contributed by atoms with Crippen LogP contribution in [0.1, 0.15) is 45.1 Å². The zero-order valence-corrected chi connectivity index (χ0v) is 15.8. The first-order valence-corrected chi connectivity index (χ1v) is 9.52. The van der Waals surface area contributed by atoms with E-state index in [1.807, 2.05) is 19.1 Å². The van der Waals surface area contributed by atoms with Crippen molar-refractivity contribution in [1.29, 1.82) is 0 Å². The average molecular weight is 345 g/mol. The predicted molar refractivity (Wildman–Crippen MR) is 101 cm³/mol. The first kappa shape index (κ1) is 17.9. The van der Waals surface area contributed by atoms with Crippen molar-refractivity contribution in [3.63, 3.8) is 0 Å². The Hall–Kier alpha value is -1.91. The number of hydrogen-bond donors (Lipinski definition) is 1. The van der Waals surface area contributed by atoms with E-state index in [1.165, 1.54) is 25.7 Å². The zero-order valence-electron chi connectivity index (χ0n) is 15.8. The van der Waals surface area contributed by atoms with E-state index >= 15 is 0 Å². The van der Waals surface area contributed by atoms with E-state index in [0.29, 0.717) is 18.6 Å². The first-order chi connectivity index (χ1) is 12.2. The van der Waals surface area contributed by atoms with Crippen LogP contribution in [0.15, 0.2) is 23.2 Å². The van der Waals surface area contributed by atoms with Crippen LogP contribution >= 0.6 is 0 Å². The summed E-state index contributed by atoms with van der Waals surface area (Å²) in [6.07, 6.45) is 5.49. The molecule has 0 unspecified atom stereocenters. The van der Waals surface area contributed by atoms with Crippen molar-refractivity contribution in [1.82, 2.24) is 10.2 Å². The Morgan fingerprint density at radius 2 is 2.08 bits per heavy atom. The summed E-state index contributed by atoms with van der Waals surface area (Å²) in [5, 5.41) is 3.46. The van der Waals surface area contributed by atoms with E-state index in [4.69, 9.17) is 14.5 Å².